The molecular weight excluding hydrogens is 426 g/mol. The third kappa shape index (κ3) is 3.97. The van der Waals surface area contributed by atoms with E-state index in [-0.39, 0.29) is 18.0 Å². The molecule has 0 saturated heterocycles. The molecule has 1 aliphatic heterocycles. The van der Waals surface area contributed by atoms with Gasteiger partial charge >= 0.3 is 5.69 Å². The van der Waals surface area contributed by atoms with Gasteiger partial charge in [-0.05, 0) is 35.2 Å². The van der Waals surface area contributed by atoms with E-state index in [0.29, 0.717) is 30.0 Å². The van der Waals surface area contributed by atoms with Crippen LogP contribution < -0.4 is 20.7 Å². The van der Waals surface area contributed by atoms with Gasteiger partial charge in [0.15, 0.2) is 11.5 Å². The molecule has 2 heterocycles. The van der Waals surface area contributed by atoms with Gasteiger partial charge in [0.25, 0.3) is 5.56 Å². The number of H-pyrrole nitrogens is 1. The number of benzene rings is 2. The second kappa shape index (κ2) is 8.85. The summed E-state index contributed by atoms with van der Waals surface area (Å²) in [5.41, 5.74) is 0.693. The Morgan fingerprint density at radius 1 is 1.12 bits per heavy atom. The normalized spacial score (nSPS) is 15.1. The molecule has 0 unspecified atom stereocenters. The largest absolute Gasteiger partial charge is 0.494 e. The Labute approximate surface area is 189 Å². The van der Waals surface area contributed by atoms with Crippen molar-refractivity contribution < 1.29 is 19.4 Å². The maximum atomic E-state index is 13.0. The van der Waals surface area contributed by atoms with Crippen molar-refractivity contribution in [1.82, 2.24) is 14.5 Å². The van der Waals surface area contributed by atoms with Crippen LogP contribution in [0.3, 0.4) is 0 Å². The van der Waals surface area contributed by atoms with Crippen LogP contribution in [0.25, 0.3) is 0 Å². The number of fused-ring (bicyclic) bond motifs is 1. The van der Waals surface area contributed by atoms with Crippen LogP contribution >= 0.6 is 0 Å². The fourth-order valence-corrected chi connectivity index (χ4v) is 4.33. The molecule has 172 valence electrons. The van der Waals surface area contributed by atoms with Crippen molar-refractivity contribution in [2.75, 3.05) is 20.8 Å². The zero-order valence-corrected chi connectivity index (χ0v) is 18.6. The molecule has 2 N–H and O–H groups in total. The van der Waals surface area contributed by atoms with Gasteiger partial charge in [0.05, 0.1) is 26.8 Å². The number of rotatable bonds is 5. The van der Waals surface area contributed by atoms with Crippen molar-refractivity contribution in [2.45, 2.75) is 25.9 Å². The first-order chi connectivity index (χ1) is 15.8. The van der Waals surface area contributed by atoms with Crippen molar-refractivity contribution in [3.63, 3.8) is 0 Å². The number of aromatic hydroxyl groups is 1. The Morgan fingerprint density at radius 3 is 2.42 bits per heavy atom. The number of carbonyl (C=O) groups excluding carboxylic acids is 1. The topological polar surface area (TPSA) is 114 Å². The number of aromatic amines is 1. The Kier molecular flexibility index (Phi) is 5.95. The highest BCUT2D eigenvalue weighted by molar-refractivity contribution is 5.75. The predicted molar refractivity (Wildman–Crippen MR) is 121 cm³/mol. The molecule has 1 amide bonds. The van der Waals surface area contributed by atoms with Gasteiger partial charge in [0.2, 0.25) is 11.8 Å². The number of hydrogen-bond donors (Lipinski definition) is 2. The molecule has 1 aromatic heterocycles. The number of nitrogens with one attached hydrogen (secondary N) is 1. The minimum Gasteiger partial charge on any atom is -0.494 e. The van der Waals surface area contributed by atoms with Crippen LogP contribution in [0.5, 0.6) is 17.4 Å². The van der Waals surface area contributed by atoms with E-state index in [4.69, 9.17) is 9.47 Å². The summed E-state index contributed by atoms with van der Waals surface area (Å²) in [5, 5.41) is 11.2. The monoisotopic (exact) mass is 451 g/mol. The van der Waals surface area contributed by atoms with E-state index in [1.165, 1.54) is 26.0 Å². The molecule has 0 saturated carbocycles. The van der Waals surface area contributed by atoms with Crippen molar-refractivity contribution in [3.8, 4) is 17.4 Å². The Morgan fingerprint density at radius 2 is 1.79 bits per heavy atom. The van der Waals surface area contributed by atoms with Gasteiger partial charge in [0, 0.05) is 13.5 Å². The fraction of sp³-hybridized carbons (Fsp3) is 0.292. The van der Waals surface area contributed by atoms with E-state index >= 15 is 0 Å². The lowest BCUT2D eigenvalue weighted by molar-refractivity contribution is -0.130. The molecule has 0 spiro atoms. The summed E-state index contributed by atoms with van der Waals surface area (Å²) in [5.74, 6) is 0.213. The van der Waals surface area contributed by atoms with Crippen molar-refractivity contribution in [3.05, 3.63) is 85.6 Å². The molecule has 33 heavy (non-hydrogen) atoms. The van der Waals surface area contributed by atoms with Crippen molar-refractivity contribution in [2.24, 2.45) is 0 Å². The molecule has 0 fully saturated rings. The average Bonchev–Trinajstić information content (AvgIpc) is 2.81. The summed E-state index contributed by atoms with van der Waals surface area (Å²) in [6.45, 7) is 1.80. The van der Waals surface area contributed by atoms with Crippen LogP contribution in [0.1, 0.15) is 35.2 Å². The Balaban J connectivity index is 1.95. The van der Waals surface area contributed by atoms with Gasteiger partial charge in [-0.25, -0.2) is 4.79 Å². The van der Waals surface area contributed by atoms with E-state index in [1.54, 1.807) is 6.07 Å². The summed E-state index contributed by atoms with van der Waals surface area (Å²) in [4.78, 5) is 41.9. The van der Waals surface area contributed by atoms with Crippen LogP contribution in [-0.4, -0.2) is 46.2 Å². The van der Waals surface area contributed by atoms with E-state index in [9.17, 15) is 19.5 Å². The molecule has 9 heteroatoms. The number of ether oxygens (including phenoxy) is 2. The molecule has 9 nitrogen and oxygen atoms in total. The van der Waals surface area contributed by atoms with Gasteiger partial charge in [-0.15, -0.1) is 0 Å². The number of carbonyl (C=O) groups is 1. The van der Waals surface area contributed by atoms with Gasteiger partial charge < -0.3 is 19.5 Å². The Bertz CT molecular complexity index is 1310. The molecule has 0 aliphatic carbocycles. The summed E-state index contributed by atoms with van der Waals surface area (Å²) in [6.07, 6.45) is 0.536. The molecule has 0 radical (unpaired) electrons. The highest BCUT2D eigenvalue weighted by Crippen LogP contribution is 2.41. The average molecular weight is 451 g/mol. The Hall–Kier alpha value is -4.01. The first kappa shape index (κ1) is 22.2. The fourth-order valence-electron chi connectivity index (χ4n) is 4.33. The van der Waals surface area contributed by atoms with Gasteiger partial charge in [-0.2, -0.15) is 0 Å². The first-order valence-electron chi connectivity index (χ1n) is 10.5. The van der Waals surface area contributed by atoms with Gasteiger partial charge in [-0.1, -0.05) is 30.3 Å². The molecule has 4 rings (SSSR count). The van der Waals surface area contributed by atoms with Crippen LogP contribution in [0.4, 0.5) is 0 Å². The summed E-state index contributed by atoms with van der Waals surface area (Å²) >= 11 is 0. The zero-order chi connectivity index (χ0) is 23.7. The van der Waals surface area contributed by atoms with Gasteiger partial charge in [-0.3, -0.25) is 19.1 Å². The maximum absolute atomic E-state index is 13.0. The highest BCUT2D eigenvalue weighted by Gasteiger charge is 2.36. The molecule has 3 aromatic rings. The zero-order valence-electron chi connectivity index (χ0n) is 18.6. The van der Waals surface area contributed by atoms with Gasteiger partial charge in [0.1, 0.15) is 5.56 Å². The van der Waals surface area contributed by atoms with Crippen molar-refractivity contribution in [1.29, 1.82) is 0 Å². The summed E-state index contributed by atoms with van der Waals surface area (Å²) in [7, 11) is 3.03. The lowest BCUT2D eigenvalue weighted by atomic mass is 9.88. The second-order valence-electron chi connectivity index (χ2n) is 7.84. The maximum Gasteiger partial charge on any atom is 0.331 e. The number of methoxy groups -OCH3 is 2. The quantitative estimate of drug-likeness (QED) is 0.612. The summed E-state index contributed by atoms with van der Waals surface area (Å²) < 4.78 is 11.9. The minimum absolute atomic E-state index is 0.0564. The summed E-state index contributed by atoms with van der Waals surface area (Å²) in [6, 6.07) is 11.7. The lowest BCUT2D eigenvalue weighted by Gasteiger charge is -2.37. The van der Waals surface area contributed by atoms with Crippen LogP contribution in [-0.2, 0) is 17.8 Å². The van der Waals surface area contributed by atoms with Crippen LogP contribution in [0, 0.1) is 0 Å². The number of aromatic nitrogens is 2. The SMILES string of the molecule is COc1cc2c(cc1OC)[C@@H](c1c(O)n(Cc3ccccc3)c(=O)[nH]c1=O)N(C(C)=O)CC2. The standard InChI is InChI=1S/C24H25N3O6/c1-14(28)26-10-9-16-11-18(32-2)19(33-3)12-17(16)21(26)20-22(29)25-24(31)27(23(20)30)13-15-7-5-4-6-8-15/h4-8,11-12,21,30H,9-10,13H2,1-3H3,(H,25,29,31)/t21-/m0/s1. The predicted octanol–water partition coefficient (Wildman–Crippen LogP) is 1.80. The van der Waals surface area contributed by atoms with Crippen LogP contribution in [0.2, 0.25) is 0 Å². The van der Waals surface area contributed by atoms with Crippen molar-refractivity contribution >= 4 is 5.91 Å². The first-order valence-corrected chi connectivity index (χ1v) is 10.5. The smallest absolute Gasteiger partial charge is 0.331 e. The van der Waals surface area contributed by atoms with Crippen LogP contribution in [0.15, 0.2) is 52.1 Å². The second-order valence-corrected chi connectivity index (χ2v) is 7.84. The van der Waals surface area contributed by atoms with E-state index in [0.717, 1.165) is 15.7 Å². The van der Waals surface area contributed by atoms with E-state index in [2.05, 4.69) is 4.98 Å². The van der Waals surface area contributed by atoms with E-state index < -0.39 is 23.2 Å². The third-order valence-electron chi connectivity index (χ3n) is 5.94. The molecule has 1 atom stereocenters. The third-order valence-corrected chi connectivity index (χ3v) is 5.94. The number of nitrogens with zero attached hydrogens (tertiary/aromatic N) is 2. The van der Waals surface area contributed by atoms with E-state index in [1.807, 2.05) is 36.4 Å². The lowest BCUT2D eigenvalue weighted by Crippen LogP contribution is -2.43. The molecule has 0 bridgehead atoms. The molecule has 2 aromatic carbocycles. The number of amides is 1. The molecule has 1 aliphatic rings. The minimum atomic E-state index is -0.905. The highest BCUT2D eigenvalue weighted by atomic mass is 16.5. The number of hydrogen-bond acceptors (Lipinski definition) is 6. The molecular formula is C24H25N3O6.